The third-order valence-electron chi connectivity index (χ3n) is 4.47. The van der Waals surface area contributed by atoms with E-state index in [4.69, 9.17) is 9.47 Å². The second kappa shape index (κ2) is 8.17. The van der Waals surface area contributed by atoms with Gasteiger partial charge < -0.3 is 14.6 Å². The highest BCUT2D eigenvalue weighted by atomic mass is 16.5. The smallest absolute Gasteiger partial charge is 0.328 e. The van der Waals surface area contributed by atoms with Crippen LogP contribution in [0.4, 0.5) is 0 Å². The molecule has 0 spiro atoms. The molecule has 0 saturated carbocycles. The monoisotopic (exact) mass is 376 g/mol. The number of fused-ring (bicyclic) bond motifs is 1. The molecule has 144 valence electrons. The van der Waals surface area contributed by atoms with Crippen molar-refractivity contribution in [3.05, 3.63) is 84.0 Å². The number of rotatable bonds is 5. The summed E-state index contributed by atoms with van der Waals surface area (Å²) >= 11 is 0. The summed E-state index contributed by atoms with van der Waals surface area (Å²) in [6, 6.07) is 15.2. The number of aliphatic carboxylic acids is 1. The van der Waals surface area contributed by atoms with Crippen LogP contribution < -0.4 is 9.47 Å². The van der Waals surface area contributed by atoms with Gasteiger partial charge in [-0.15, -0.1) is 0 Å². The largest absolute Gasteiger partial charge is 0.497 e. The Labute approximate surface area is 165 Å². The average molecular weight is 376 g/mol. The summed E-state index contributed by atoms with van der Waals surface area (Å²) in [5.41, 5.74) is 3.18. The molecule has 4 heteroatoms. The zero-order valence-electron chi connectivity index (χ0n) is 16.3. The van der Waals surface area contributed by atoms with Crippen LogP contribution in [0.3, 0.4) is 0 Å². The number of ether oxygens (including phenoxy) is 2. The zero-order valence-corrected chi connectivity index (χ0v) is 16.3. The van der Waals surface area contributed by atoms with E-state index >= 15 is 0 Å². The molecule has 0 fully saturated rings. The number of methoxy groups -OCH3 is 1. The van der Waals surface area contributed by atoms with Crippen molar-refractivity contribution in [2.24, 2.45) is 5.41 Å². The van der Waals surface area contributed by atoms with E-state index in [-0.39, 0.29) is 5.41 Å². The molecule has 0 bridgehead atoms. The Kier molecular flexibility index (Phi) is 5.69. The number of hydrogen-bond acceptors (Lipinski definition) is 3. The van der Waals surface area contributed by atoms with E-state index in [1.807, 2.05) is 60.7 Å². The lowest BCUT2D eigenvalue weighted by atomic mass is 9.90. The normalized spacial score (nSPS) is 16.0. The first-order valence-electron chi connectivity index (χ1n) is 9.10. The van der Waals surface area contributed by atoms with Gasteiger partial charge in [0.15, 0.2) is 0 Å². The molecule has 1 aliphatic rings. The zero-order chi connectivity index (χ0) is 20.1. The van der Waals surface area contributed by atoms with Crippen molar-refractivity contribution in [2.75, 3.05) is 13.7 Å². The summed E-state index contributed by atoms with van der Waals surface area (Å²) in [4.78, 5) is 11.3. The fourth-order valence-electron chi connectivity index (χ4n) is 3.10. The van der Waals surface area contributed by atoms with E-state index in [2.05, 4.69) is 19.9 Å². The molecule has 1 N–H and O–H groups in total. The van der Waals surface area contributed by atoms with Crippen LogP contribution in [-0.4, -0.2) is 24.8 Å². The number of benzene rings is 2. The molecule has 3 rings (SSSR count). The second-order valence-electron chi connectivity index (χ2n) is 7.38. The molecule has 0 unspecified atom stereocenters. The lowest BCUT2D eigenvalue weighted by Gasteiger charge is -2.18. The van der Waals surface area contributed by atoms with E-state index in [9.17, 15) is 9.90 Å². The highest BCUT2D eigenvalue weighted by Crippen LogP contribution is 2.38. The maximum Gasteiger partial charge on any atom is 0.328 e. The number of carbonyl (C=O) groups is 1. The molecular formula is C24H24O4. The first-order valence-corrected chi connectivity index (χ1v) is 9.10. The molecule has 0 amide bonds. The Morgan fingerprint density at radius 2 is 1.93 bits per heavy atom. The standard InChI is InChI=1S/C24H24O4/c1-24(2)15-19(21-14-20(27-3)11-12-22(21)28-16-24)10-9-18(13-23(25)26)17-7-5-4-6-8-17/h4-15H,16H2,1-3H3,(H,25,26)/b10-9+,18-13+. The van der Waals surface area contributed by atoms with Crippen LogP contribution >= 0.6 is 0 Å². The predicted octanol–water partition coefficient (Wildman–Crippen LogP) is 5.22. The van der Waals surface area contributed by atoms with Crippen LogP contribution in [0.1, 0.15) is 25.0 Å². The quantitative estimate of drug-likeness (QED) is 0.574. The molecule has 0 aliphatic carbocycles. The van der Waals surface area contributed by atoms with Crippen LogP contribution in [0.2, 0.25) is 0 Å². The van der Waals surface area contributed by atoms with Gasteiger partial charge in [-0.25, -0.2) is 4.79 Å². The highest BCUT2D eigenvalue weighted by molar-refractivity contribution is 5.94. The predicted molar refractivity (Wildman–Crippen MR) is 111 cm³/mol. The summed E-state index contributed by atoms with van der Waals surface area (Å²) < 4.78 is 11.4. The lowest BCUT2D eigenvalue weighted by molar-refractivity contribution is -0.131. The molecule has 1 aliphatic heterocycles. The summed E-state index contributed by atoms with van der Waals surface area (Å²) in [6.07, 6.45) is 7.14. The van der Waals surface area contributed by atoms with Crippen LogP contribution in [0.5, 0.6) is 11.5 Å². The third-order valence-corrected chi connectivity index (χ3v) is 4.47. The van der Waals surface area contributed by atoms with E-state index < -0.39 is 5.97 Å². The first kappa shape index (κ1) is 19.5. The summed E-state index contributed by atoms with van der Waals surface area (Å²) in [5.74, 6) is 0.542. The fraction of sp³-hybridized carbons (Fsp3) is 0.208. The molecule has 2 aromatic rings. The van der Waals surface area contributed by atoms with Crippen molar-refractivity contribution in [1.29, 1.82) is 0 Å². The maximum atomic E-state index is 11.3. The Balaban J connectivity index is 2.07. The minimum absolute atomic E-state index is 0.171. The van der Waals surface area contributed by atoms with E-state index in [1.165, 1.54) is 6.08 Å². The van der Waals surface area contributed by atoms with Crippen molar-refractivity contribution in [3.8, 4) is 11.5 Å². The van der Waals surface area contributed by atoms with E-state index in [0.717, 1.165) is 28.2 Å². The molecule has 2 aromatic carbocycles. The van der Waals surface area contributed by atoms with Crippen LogP contribution in [0.25, 0.3) is 11.1 Å². The fourth-order valence-corrected chi connectivity index (χ4v) is 3.10. The molecule has 0 saturated heterocycles. The van der Waals surface area contributed by atoms with Gasteiger partial charge in [0, 0.05) is 17.1 Å². The van der Waals surface area contributed by atoms with Gasteiger partial charge >= 0.3 is 5.97 Å². The van der Waals surface area contributed by atoms with Gasteiger partial charge in [0.2, 0.25) is 0 Å². The number of carboxylic acid groups (broad SMARTS) is 1. The Morgan fingerprint density at radius 1 is 1.18 bits per heavy atom. The van der Waals surface area contributed by atoms with Gasteiger partial charge in [-0.05, 0) is 34.9 Å². The topological polar surface area (TPSA) is 55.8 Å². The molecule has 28 heavy (non-hydrogen) atoms. The summed E-state index contributed by atoms with van der Waals surface area (Å²) in [7, 11) is 1.63. The SMILES string of the molecule is COc1ccc2c(c1)C(/C=C/C(=C\C(=O)O)c1ccccc1)=CC(C)(C)CO2. The van der Waals surface area contributed by atoms with Crippen LogP contribution in [0.15, 0.2) is 72.8 Å². The van der Waals surface area contributed by atoms with Crippen molar-refractivity contribution < 1.29 is 19.4 Å². The van der Waals surface area contributed by atoms with Crippen molar-refractivity contribution in [1.82, 2.24) is 0 Å². The Bertz CT molecular complexity index is 950. The Morgan fingerprint density at radius 3 is 2.61 bits per heavy atom. The van der Waals surface area contributed by atoms with Crippen LogP contribution in [0, 0.1) is 5.41 Å². The second-order valence-corrected chi connectivity index (χ2v) is 7.38. The molecule has 0 atom stereocenters. The average Bonchev–Trinajstić information content (AvgIpc) is 2.81. The van der Waals surface area contributed by atoms with Crippen molar-refractivity contribution in [3.63, 3.8) is 0 Å². The molecule has 4 nitrogen and oxygen atoms in total. The van der Waals surface area contributed by atoms with E-state index in [1.54, 1.807) is 7.11 Å². The molecular weight excluding hydrogens is 352 g/mol. The van der Waals surface area contributed by atoms with Gasteiger partial charge in [0.05, 0.1) is 13.7 Å². The van der Waals surface area contributed by atoms with Gasteiger partial charge in [0.1, 0.15) is 11.5 Å². The van der Waals surface area contributed by atoms with E-state index in [0.29, 0.717) is 12.2 Å². The van der Waals surface area contributed by atoms with Gasteiger partial charge in [-0.3, -0.25) is 0 Å². The molecule has 0 aromatic heterocycles. The first-order chi connectivity index (χ1) is 13.4. The number of carboxylic acids is 1. The maximum absolute atomic E-state index is 11.3. The number of hydrogen-bond donors (Lipinski definition) is 1. The minimum Gasteiger partial charge on any atom is -0.497 e. The summed E-state index contributed by atoms with van der Waals surface area (Å²) in [6.45, 7) is 4.77. The van der Waals surface area contributed by atoms with Gasteiger partial charge in [-0.2, -0.15) is 0 Å². The number of allylic oxidation sites excluding steroid dienone is 4. The summed E-state index contributed by atoms with van der Waals surface area (Å²) in [5, 5.41) is 9.27. The van der Waals surface area contributed by atoms with Crippen molar-refractivity contribution >= 4 is 17.1 Å². The molecule has 0 radical (unpaired) electrons. The molecule has 1 heterocycles. The van der Waals surface area contributed by atoms with Crippen LogP contribution in [-0.2, 0) is 4.79 Å². The third kappa shape index (κ3) is 4.71. The lowest BCUT2D eigenvalue weighted by Crippen LogP contribution is -2.17. The minimum atomic E-state index is -0.982. The van der Waals surface area contributed by atoms with Gasteiger partial charge in [-0.1, -0.05) is 62.4 Å². The highest BCUT2D eigenvalue weighted by Gasteiger charge is 2.23. The van der Waals surface area contributed by atoms with Gasteiger partial charge in [0.25, 0.3) is 0 Å². The van der Waals surface area contributed by atoms with Crippen molar-refractivity contribution in [2.45, 2.75) is 13.8 Å². The Hall–Kier alpha value is -3.27.